The molecule has 0 aliphatic carbocycles. The number of rotatable bonds is 3. The Morgan fingerprint density at radius 3 is 2.53 bits per heavy atom. The summed E-state index contributed by atoms with van der Waals surface area (Å²) in [6, 6.07) is 9.20. The van der Waals surface area contributed by atoms with Crippen LogP contribution in [0.25, 0.3) is 0 Å². The molecule has 1 saturated heterocycles. The lowest BCUT2D eigenvalue weighted by atomic mass is 10.0. The van der Waals surface area contributed by atoms with Gasteiger partial charge in [0.15, 0.2) is 0 Å². The minimum Gasteiger partial charge on any atom is -0.382 e. The lowest BCUT2D eigenvalue weighted by Crippen LogP contribution is -2.39. The van der Waals surface area contributed by atoms with Crippen LogP contribution in [0.5, 0.6) is 0 Å². The van der Waals surface area contributed by atoms with Crippen LogP contribution in [0.2, 0.25) is 0 Å². The molecule has 0 radical (unpaired) electrons. The van der Waals surface area contributed by atoms with E-state index in [1.165, 1.54) is 24.1 Å². The number of nitrogens with zero attached hydrogens (tertiary/aromatic N) is 1. The number of aryl methyl sites for hydroxylation is 1. The van der Waals surface area contributed by atoms with Gasteiger partial charge in [0.2, 0.25) is 0 Å². The van der Waals surface area contributed by atoms with Gasteiger partial charge >= 0.3 is 0 Å². The highest BCUT2D eigenvalue weighted by molar-refractivity contribution is 5.45. The molecule has 2 heteroatoms. The van der Waals surface area contributed by atoms with Gasteiger partial charge in [0.05, 0.1) is 6.54 Å². The van der Waals surface area contributed by atoms with Crippen LogP contribution in [0.3, 0.4) is 0 Å². The van der Waals surface area contributed by atoms with E-state index in [0.29, 0.717) is 6.04 Å². The molecule has 1 N–H and O–H groups in total. The van der Waals surface area contributed by atoms with Gasteiger partial charge in [-0.2, -0.15) is 0 Å². The molecule has 1 aromatic carbocycles. The third-order valence-electron chi connectivity index (χ3n) is 3.32. The monoisotopic (exact) mass is 228 g/mol. The summed E-state index contributed by atoms with van der Waals surface area (Å²) >= 11 is 0. The van der Waals surface area contributed by atoms with Gasteiger partial charge in [0, 0.05) is 24.8 Å². The van der Waals surface area contributed by atoms with Gasteiger partial charge in [-0.05, 0) is 31.9 Å². The Bertz CT molecular complexity index is 380. The number of terminal acetylenes is 1. The molecule has 1 aliphatic rings. The predicted octanol–water partition coefficient (Wildman–Crippen LogP) is 2.50. The molecular formula is C15H20N2. The Balaban J connectivity index is 1.82. The fourth-order valence-electron chi connectivity index (χ4n) is 2.25. The van der Waals surface area contributed by atoms with Crippen molar-refractivity contribution in [3.8, 4) is 12.3 Å². The van der Waals surface area contributed by atoms with E-state index >= 15 is 0 Å². The highest BCUT2D eigenvalue weighted by Crippen LogP contribution is 2.16. The van der Waals surface area contributed by atoms with E-state index in [-0.39, 0.29) is 0 Å². The van der Waals surface area contributed by atoms with Gasteiger partial charge in [-0.3, -0.25) is 4.90 Å². The predicted molar refractivity (Wildman–Crippen MR) is 73.1 cm³/mol. The Hall–Kier alpha value is -1.46. The normalized spacial score (nSPS) is 17.6. The number of likely N-dealkylation sites (tertiary alicyclic amines) is 1. The molecule has 0 unspecified atom stereocenters. The smallest absolute Gasteiger partial charge is 0.0598 e. The Kier molecular flexibility index (Phi) is 4.06. The van der Waals surface area contributed by atoms with E-state index in [1.54, 1.807) is 0 Å². The van der Waals surface area contributed by atoms with Gasteiger partial charge in [-0.25, -0.2) is 0 Å². The van der Waals surface area contributed by atoms with Crippen LogP contribution in [-0.4, -0.2) is 30.6 Å². The number of benzene rings is 1. The second kappa shape index (κ2) is 5.75. The van der Waals surface area contributed by atoms with E-state index in [2.05, 4.69) is 47.3 Å². The van der Waals surface area contributed by atoms with Crippen LogP contribution >= 0.6 is 0 Å². The van der Waals surface area contributed by atoms with Crippen LogP contribution in [0.15, 0.2) is 24.3 Å². The molecule has 0 saturated carbocycles. The van der Waals surface area contributed by atoms with Crippen molar-refractivity contribution in [2.45, 2.75) is 25.8 Å². The number of hydrogen-bond donors (Lipinski definition) is 1. The van der Waals surface area contributed by atoms with Gasteiger partial charge in [0.1, 0.15) is 0 Å². The summed E-state index contributed by atoms with van der Waals surface area (Å²) in [5.41, 5.74) is 2.53. The first-order valence-electron chi connectivity index (χ1n) is 6.27. The van der Waals surface area contributed by atoms with E-state index in [9.17, 15) is 0 Å². The Morgan fingerprint density at radius 1 is 1.29 bits per heavy atom. The summed E-state index contributed by atoms with van der Waals surface area (Å²) in [6.45, 7) is 5.11. The second-order valence-corrected chi connectivity index (χ2v) is 4.76. The zero-order valence-electron chi connectivity index (χ0n) is 10.4. The van der Waals surface area contributed by atoms with Crippen LogP contribution in [0.4, 0.5) is 5.69 Å². The first-order valence-corrected chi connectivity index (χ1v) is 6.27. The number of hydrogen-bond acceptors (Lipinski definition) is 2. The van der Waals surface area contributed by atoms with E-state index in [1.807, 2.05) is 0 Å². The summed E-state index contributed by atoms with van der Waals surface area (Å²) in [5, 5.41) is 3.59. The molecule has 0 atom stereocenters. The third-order valence-corrected chi connectivity index (χ3v) is 3.32. The van der Waals surface area contributed by atoms with E-state index in [4.69, 9.17) is 6.42 Å². The maximum atomic E-state index is 5.32. The fourth-order valence-corrected chi connectivity index (χ4v) is 2.25. The Labute approximate surface area is 104 Å². The maximum Gasteiger partial charge on any atom is 0.0598 e. The second-order valence-electron chi connectivity index (χ2n) is 4.76. The zero-order chi connectivity index (χ0) is 12.1. The number of piperidine rings is 1. The molecule has 1 fully saturated rings. The van der Waals surface area contributed by atoms with Crippen molar-refractivity contribution in [3.05, 3.63) is 29.8 Å². The molecule has 1 heterocycles. The summed E-state index contributed by atoms with van der Waals surface area (Å²) < 4.78 is 0. The molecule has 2 nitrogen and oxygen atoms in total. The van der Waals surface area contributed by atoms with Crippen molar-refractivity contribution in [2.24, 2.45) is 0 Å². The average molecular weight is 228 g/mol. The van der Waals surface area contributed by atoms with Gasteiger partial charge in [-0.1, -0.05) is 23.6 Å². The standard InChI is InChI=1S/C15H20N2/c1-3-10-17-11-8-15(9-12-17)16-14-6-4-13(2)5-7-14/h1,4-7,15-16H,8-12H2,2H3. The Morgan fingerprint density at radius 2 is 1.94 bits per heavy atom. The largest absolute Gasteiger partial charge is 0.382 e. The van der Waals surface area contributed by atoms with Crippen molar-refractivity contribution in [1.82, 2.24) is 4.90 Å². The summed E-state index contributed by atoms with van der Waals surface area (Å²) in [6.07, 6.45) is 7.68. The molecule has 0 bridgehead atoms. The molecule has 1 aliphatic heterocycles. The summed E-state index contributed by atoms with van der Waals surface area (Å²) in [5.74, 6) is 2.71. The van der Waals surface area contributed by atoms with Crippen molar-refractivity contribution in [2.75, 3.05) is 25.0 Å². The number of anilines is 1. The van der Waals surface area contributed by atoms with Crippen molar-refractivity contribution >= 4 is 5.69 Å². The lowest BCUT2D eigenvalue weighted by molar-refractivity contribution is 0.243. The van der Waals surface area contributed by atoms with Gasteiger partial charge in [-0.15, -0.1) is 6.42 Å². The molecule has 0 amide bonds. The quantitative estimate of drug-likeness (QED) is 0.800. The fraction of sp³-hybridized carbons (Fsp3) is 0.467. The minimum atomic E-state index is 0.590. The molecule has 1 aromatic rings. The van der Waals surface area contributed by atoms with Crippen molar-refractivity contribution < 1.29 is 0 Å². The topological polar surface area (TPSA) is 15.3 Å². The molecule has 17 heavy (non-hydrogen) atoms. The number of nitrogens with one attached hydrogen (secondary N) is 1. The van der Waals surface area contributed by atoms with E-state index < -0.39 is 0 Å². The summed E-state index contributed by atoms with van der Waals surface area (Å²) in [7, 11) is 0. The SMILES string of the molecule is C#CCN1CCC(Nc2ccc(C)cc2)CC1. The highest BCUT2D eigenvalue weighted by Gasteiger charge is 2.17. The third kappa shape index (κ3) is 3.51. The lowest BCUT2D eigenvalue weighted by Gasteiger charge is -2.31. The molecular weight excluding hydrogens is 208 g/mol. The first-order chi connectivity index (χ1) is 8.28. The summed E-state index contributed by atoms with van der Waals surface area (Å²) in [4.78, 5) is 2.34. The first kappa shape index (κ1) is 12.0. The van der Waals surface area contributed by atoms with Crippen LogP contribution < -0.4 is 5.32 Å². The van der Waals surface area contributed by atoms with Gasteiger partial charge < -0.3 is 5.32 Å². The average Bonchev–Trinajstić information content (AvgIpc) is 2.35. The van der Waals surface area contributed by atoms with Crippen molar-refractivity contribution in [1.29, 1.82) is 0 Å². The van der Waals surface area contributed by atoms with Gasteiger partial charge in [0.25, 0.3) is 0 Å². The highest BCUT2D eigenvalue weighted by atomic mass is 15.1. The maximum absolute atomic E-state index is 5.32. The van der Waals surface area contributed by atoms with Crippen molar-refractivity contribution in [3.63, 3.8) is 0 Å². The molecule has 2 rings (SSSR count). The molecule has 0 spiro atoms. The zero-order valence-corrected chi connectivity index (χ0v) is 10.4. The molecule has 0 aromatic heterocycles. The van der Waals surface area contributed by atoms with E-state index in [0.717, 1.165) is 19.6 Å². The molecule has 90 valence electrons. The van der Waals surface area contributed by atoms with Crippen LogP contribution in [0, 0.1) is 19.3 Å². The van der Waals surface area contributed by atoms with Crippen LogP contribution in [0.1, 0.15) is 18.4 Å². The minimum absolute atomic E-state index is 0.590. The van der Waals surface area contributed by atoms with Crippen LogP contribution in [-0.2, 0) is 0 Å².